The molecule has 0 unspecified atom stereocenters. The van der Waals surface area contributed by atoms with Crippen LogP contribution in [-0.4, -0.2) is 30.2 Å². The van der Waals surface area contributed by atoms with Crippen LogP contribution in [0.2, 0.25) is 0 Å². The van der Waals surface area contributed by atoms with Crippen molar-refractivity contribution in [2.24, 2.45) is 5.73 Å². The largest absolute Gasteiger partial charge is 0.492 e. The summed E-state index contributed by atoms with van der Waals surface area (Å²) < 4.78 is 10.6. The van der Waals surface area contributed by atoms with Crippen LogP contribution in [0.3, 0.4) is 0 Å². The molecule has 6 nitrogen and oxygen atoms in total. The minimum Gasteiger partial charge on any atom is -0.492 e. The van der Waals surface area contributed by atoms with Crippen LogP contribution in [0.1, 0.15) is 5.82 Å². The lowest BCUT2D eigenvalue weighted by Gasteiger charge is -2.10. The van der Waals surface area contributed by atoms with Gasteiger partial charge < -0.3 is 20.5 Å². The van der Waals surface area contributed by atoms with E-state index in [9.17, 15) is 0 Å². The molecular weight excluding hydrogens is 256 g/mol. The Kier molecular flexibility index (Phi) is 4.73. The van der Waals surface area contributed by atoms with Crippen molar-refractivity contribution in [3.05, 3.63) is 36.2 Å². The number of rotatable bonds is 6. The van der Waals surface area contributed by atoms with Crippen molar-refractivity contribution in [1.29, 1.82) is 0 Å². The lowest BCUT2D eigenvalue weighted by molar-refractivity contribution is 0.328. The molecule has 0 amide bonds. The van der Waals surface area contributed by atoms with Gasteiger partial charge in [-0.3, -0.25) is 0 Å². The third-order valence-electron chi connectivity index (χ3n) is 2.52. The Bertz CT molecular complexity index is 575. The zero-order valence-electron chi connectivity index (χ0n) is 11.6. The first-order valence-electron chi connectivity index (χ1n) is 6.31. The molecule has 0 aliphatic heterocycles. The number of aromatic nitrogens is 2. The minimum absolute atomic E-state index is 0.486. The monoisotopic (exact) mass is 274 g/mol. The second-order valence-electron chi connectivity index (χ2n) is 4.13. The molecule has 1 aromatic heterocycles. The molecule has 6 heteroatoms. The highest BCUT2D eigenvalue weighted by Crippen LogP contribution is 2.22. The van der Waals surface area contributed by atoms with Gasteiger partial charge in [0.2, 0.25) is 5.88 Å². The fourth-order valence-corrected chi connectivity index (χ4v) is 1.70. The molecule has 3 N–H and O–H groups in total. The van der Waals surface area contributed by atoms with Crippen LogP contribution in [0.15, 0.2) is 30.3 Å². The maximum Gasteiger partial charge on any atom is 0.218 e. The Morgan fingerprint density at radius 1 is 1.25 bits per heavy atom. The van der Waals surface area contributed by atoms with Crippen LogP contribution in [-0.2, 0) is 0 Å². The van der Waals surface area contributed by atoms with E-state index >= 15 is 0 Å². The van der Waals surface area contributed by atoms with Gasteiger partial charge in [0.1, 0.15) is 24.0 Å². The summed E-state index contributed by atoms with van der Waals surface area (Å²) in [5.41, 5.74) is 6.29. The summed E-state index contributed by atoms with van der Waals surface area (Å²) in [5, 5.41) is 3.19. The zero-order valence-corrected chi connectivity index (χ0v) is 11.6. The Balaban J connectivity index is 2.15. The van der Waals surface area contributed by atoms with Crippen molar-refractivity contribution in [3.8, 4) is 11.6 Å². The minimum atomic E-state index is 0.486. The fourth-order valence-electron chi connectivity index (χ4n) is 1.70. The van der Waals surface area contributed by atoms with E-state index in [0.29, 0.717) is 30.7 Å². The smallest absolute Gasteiger partial charge is 0.218 e. The van der Waals surface area contributed by atoms with Gasteiger partial charge >= 0.3 is 0 Å². The SMILES string of the molecule is COc1cc(Nc2cccc(OCCN)c2)nc(C)n1. The third kappa shape index (κ3) is 3.83. The van der Waals surface area contributed by atoms with Gasteiger partial charge in [0.25, 0.3) is 0 Å². The molecule has 0 atom stereocenters. The van der Waals surface area contributed by atoms with Gasteiger partial charge in [-0.25, -0.2) is 4.98 Å². The van der Waals surface area contributed by atoms with Crippen LogP contribution < -0.4 is 20.5 Å². The van der Waals surface area contributed by atoms with Crippen molar-refractivity contribution in [2.75, 3.05) is 25.6 Å². The number of nitrogens with two attached hydrogens (primary N) is 1. The van der Waals surface area contributed by atoms with Crippen LogP contribution in [0, 0.1) is 6.92 Å². The van der Waals surface area contributed by atoms with Crippen molar-refractivity contribution in [1.82, 2.24) is 9.97 Å². The molecule has 0 saturated carbocycles. The number of ether oxygens (including phenoxy) is 2. The Morgan fingerprint density at radius 2 is 2.10 bits per heavy atom. The molecule has 0 aliphatic carbocycles. The first kappa shape index (κ1) is 14.1. The summed E-state index contributed by atoms with van der Waals surface area (Å²) in [5.74, 6) is 2.60. The van der Waals surface area contributed by atoms with Gasteiger partial charge in [0.05, 0.1) is 7.11 Å². The normalized spacial score (nSPS) is 10.2. The highest BCUT2D eigenvalue weighted by Gasteiger charge is 2.03. The first-order valence-corrected chi connectivity index (χ1v) is 6.31. The average Bonchev–Trinajstić information content (AvgIpc) is 2.45. The number of benzene rings is 1. The molecule has 2 rings (SSSR count). The van der Waals surface area contributed by atoms with Crippen LogP contribution in [0.5, 0.6) is 11.6 Å². The third-order valence-corrected chi connectivity index (χ3v) is 2.52. The summed E-state index contributed by atoms with van der Waals surface area (Å²) in [4.78, 5) is 8.45. The first-order chi connectivity index (χ1) is 9.71. The predicted molar refractivity (Wildman–Crippen MR) is 77.6 cm³/mol. The molecule has 0 fully saturated rings. The van der Waals surface area contributed by atoms with Gasteiger partial charge in [0, 0.05) is 24.4 Å². The molecule has 20 heavy (non-hydrogen) atoms. The topological polar surface area (TPSA) is 82.3 Å². The van der Waals surface area contributed by atoms with Crippen LogP contribution in [0.4, 0.5) is 11.5 Å². The van der Waals surface area contributed by atoms with Gasteiger partial charge in [-0.2, -0.15) is 4.98 Å². The van der Waals surface area contributed by atoms with E-state index in [4.69, 9.17) is 15.2 Å². The molecule has 0 aliphatic rings. The maximum absolute atomic E-state index is 5.48. The molecule has 106 valence electrons. The Labute approximate surface area is 118 Å². The summed E-state index contributed by atoms with van der Waals surface area (Å²) in [6.45, 7) is 2.79. The average molecular weight is 274 g/mol. The number of methoxy groups -OCH3 is 1. The summed E-state index contributed by atoms with van der Waals surface area (Å²) in [7, 11) is 1.58. The Hall–Kier alpha value is -2.34. The number of anilines is 2. The molecule has 0 saturated heterocycles. The molecule has 0 spiro atoms. The number of nitrogens with zero attached hydrogens (tertiary/aromatic N) is 2. The number of hydrogen-bond donors (Lipinski definition) is 2. The van der Waals surface area contributed by atoms with Crippen molar-refractivity contribution in [3.63, 3.8) is 0 Å². The molecule has 0 bridgehead atoms. The summed E-state index contributed by atoms with van der Waals surface area (Å²) >= 11 is 0. The molecule has 1 aromatic carbocycles. The molecule has 0 radical (unpaired) electrons. The Morgan fingerprint density at radius 3 is 2.85 bits per heavy atom. The number of nitrogens with one attached hydrogen (secondary N) is 1. The van der Waals surface area contributed by atoms with Gasteiger partial charge in [-0.05, 0) is 19.1 Å². The molecule has 2 aromatic rings. The van der Waals surface area contributed by atoms with E-state index < -0.39 is 0 Å². The van der Waals surface area contributed by atoms with Crippen molar-refractivity contribution < 1.29 is 9.47 Å². The quantitative estimate of drug-likeness (QED) is 0.837. The second-order valence-corrected chi connectivity index (χ2v) is 4.13. The van der Waals surface area contributed by atoms with E-state index in [-0.39, 0.29) is 0 Å². The second kappa shape index (κ2) is 6.72. The fraction of sp³-hybridized carbons (Fsp3) is 0.286. The zero-order chi connectivity index (χ0) is 14.4. The standard InChI is InChI=1S/C14H18N4O2/c1-10-16-13(9-14(17-10)19-2)18-11-4-3-5-12(8-11)20-7-6-15/h3-5,8-9H,6-7,15H2,1-2H3,(H,16,17,18). The number of hydrogen-bond acceptors (Lipinski definition) is 6. The van der Waals surface area contributed by atoms with Gasteiger partial charge in [-0.15, -0.1) is 0 Å². The van der Waals surface area contributed by atoms with E-state index in [1.165, 1.54) is 0 Å². The van der Waals surface area contributed by atoms with Crippen molar-refractivity contribution >= 4 is 11.5 Å². The molecule has 1 heterocycles. The van der Waals surface area contributed by atoms with E-state index in [1.807, 2.05) is 31.2 Å². The van der Waals surface area contributed by atoms with E-state index in [1.54, 1.807) is 13.2 Å². The van der Waals surface area contributed by atoms with E-state index in [2.05, 4.69) is 15.3 Å². The lowest BCUT2D eigenvalue weighted by Crippen LogP contribution is -2.10. The summed E-state index contributed by atoms with van der Waals surface area (Å²) in [6.07, 6.45) is 0. The van der Waals surface area contributed by atoms with Gasteiger partial charge in [-0.1, -0.05) is 6.07 Å². The lowest BCUT2D eigenvalue weighted by atomic mass is 10.3. The van der Waals surface area contributed by atoms with Crippen molar-refractivity contribution in [2.45, 2.75) is 6.92 Å². The number of aryl methyl sites for hydroxylation is 1. The van der Waals surface area contributed by atoms with E-state index in [0.717, 1.165) is 11.4 Å². The summed E-state index contributed by atoms with van der Waals surface area (Å²) in [6, 6.07) is 9.34. The van der Waals surface area contributed by atoms with Gasteiger partial charge in [0.15, 0.2) is 0 Å². The predicted octanol–water partition coefficient (Wildman–Crippen LogP) is 1.87. The molecular formula is C14H18N4O2. The maximum atomic E-state index is 5.48. The van der Waals surface area contributed by atoms with Crippen LogP contribution in [0.25, 0.3) is 0 Å². The highest BCUT2D eigenvalue weighted by molar-refractivity contribution is 5.58. The van der Waals surface area contributed by atoms with Crippen LogP contribution >= 0.6 is 0 Å². The highest BCUT2D eigenvalue weighted by atomic mass is 16.5.